The number of anilines is 1. The van der Waals surface area contributed by atoms with Gasteiger partial charge in [0.1, 0.15) is 0 Å². The van der Waals surface area contributed by atoms with Gasteiger partial charge in [0.2, 0.25) is 5.95 Å². The van der Waals surface area contributed by atoms with Crippen LogP contribution in [0.1, 0.15) is 16.2 Å². The van der Waals surface area contributed by atoms with Gasteiger partial charge in [0, 0.05) is 10.7 Å². The molecule has 9 heteroatoms. The van der Waals surface area contributed by atoms with Crippen molar-refractivity contribution in [1.82, 2.24) is 29.6 Å². The average molecular weight is 398 g/mol. The van der Waals surface area contributed by atoms with Crippen molar-refractivity contribution < 1.29 is 4.79 Å². The number of fused-ring (bicyclic) bond motifs is 1. The zero-order valence-electron chi connectivity index (χ0n) is 13.1. The molecule has 3 aromatic heterocycles. The Morgan fingerprint density at radius 1 is 1.12 bits per heavy atom. The van der Waals surface area contributed by atoms with Crippen LogP contribution in [0.4, 0.5) is 5.95 Å². The van der Waals surface area contributed by atoms with Gasteiger partial charge in [-0.15, -0.1) is 15.3 Å². The lowest BCUT2D eigenvalue weighted by atomic mass is 10.3. The summed E-state index contributed by atoms with van der Waals surface area (Å²) in [4.78, 5) is 12.6. The van der Waals surface area contributed by atoms with Crippen LogP contribution >= 0.6 is 15.9 Å². The number of nitrogens with zero attached hydrogens (tertiary/aromatic N) is 6. The molecule has 0 saturated heterocycles. The van der Waals surface area contributed by atoms with Gasteiger partial charge in [-0.3, -0.25) is 14.5 Å². The maximum absolute atomic E-state index is 12.6. The van der Waals surface area contributed by atoms with E-state index >= 15 is 0 Å². The number of nitrogens with one attached hydrogen (secondary N) is 1. The maximum atomic E-state index is 12.6. The number of amides is 1. The van der Waals surface area contributed by atoms with Gasteiger partial charge in [0.25, 0.3) is 5.91 Å². The molecule has 0 unspecified atom stereocenters. The number of halogens is 1. The topological polar surface area (TPSA) is 90.0 Å². The summed E-state index contributed by atoms with van der Waals surface area (Å²) >= 11 is 3.42. The Kier molecular flexibility index (Phi) is 3.77. The monoisotopic (exact) mass is 397 g/mol. The van der Waals surface area contributed by atoms with Crippen molar-refractivity contribution in [3.05, 3.63) is 64.5 Å². The van der Waals surface area contributed by atoms with Crippen LogP contribution in [0.3, 0.4) is 0 Å². The molecule has 124 valence electrons. The van der Waals surface area contributed by atoms with Crippen molar-refractivity contribution in [3.8, 4) is 5.69 Å². The highest BCUT2D eigenvalue weighted by molar-refractivity contribution is 9.10. The van der Waals surface area contributed by atoms with Crippen molar-refractivity contribution in [2.75, 3.05) is 5.32 Å². The third-order valence-corrected chi connectivity index (χ3v) is 4.19. The number of benzene rings is 1. The molecule has 0 aliphatic carbocycles. The van der Waals surface area contributed by atoms with Crippen LogP contribution in [0.15, 0.2) is 53.1 Å². The van der Waals surface area contributed by atoms with Gasteiger partial charge in [-0.05, 0) is 37.3 Å². The zero-order valence-corrected chi connectivity index (χ0v) is 14.7. The third-order valence-electron chi connectivity index (χ3n) is 3.70. The molecule has 0 aliphatic rings. The number of pyridine rings is 1. The first-order valence-electron chi connectivity index (χ1n) is 7.43. The van der Waals surface area contributed by atoms with E-state index in [1.165, 1.54) is 0 Å². The van der Waals surface area contributed by atoms with E-state index in [0.29, 0.717) is 17.3 Å². The molecule has 25 heavy (non-hydrogen) atoms. The Hall–Kier alpha value is -3.07. The minimum absolute atomic E-state index is 0.229. The molecule has 4 rings (SSSR count). The molecule has 8 nitrogen and oxygen atoms in total. The van der Waals surface area contributed by atoms with E-state index in [4.69, 9.17) is 0 Å². The molecule has 0 bridgehead atoms. The first-order valence-corrected chi connectivity index (χ1v) is 8.22. The molecule has 0 saturated carbocycles. The van der Waals surface area contributed by atoms with Gasteiger partial charge < -0.3 is 0 Å². The number of carbonyl (C=O) groups is 1. The summed E-state index contributed by atoms with van der Waals surface area (Å²) in [6.45, 7) is 1.79. The molecule has 0 fully saturated rings. The smallest absolute Gasteiger partial charge is 0.280 e. The Morgan fingerprint density at radius 2 is 2.00 bits per heavy atom. The fourth-order valence-corrected chi connectivity index (χ4v) is 2.87. The van der Waals surface area contributed by atoms with E-state index in [1.807, 2.05) is 36.4 Å². The van der Waals surface area contributed by atoms with Crippen molar-refractivity contribution in [2.45, 2.75) is 6.92 Å². The average Bonchev–Trinajstić information content (AvgIpc) is 3.19. The predicted molar refractivity (Wildman–Crippen MR) is 94.7 cm³/mol. The Bertz CT molecular complexity index is 1080. The second-order valence-corrected chi connectivity index (χ2v) is 6.24. The van der Waals surface area contributed by atoms with Gasteiger partial charge in [-0.2, -0.15) is 0 Å². The summed E-state index contributed by atoms with van der Waals surface area (Å²) < 4.78 is 4.22. The number of hydrogen-bond donors (Lipinski definition) is 1. The predicted octanol–water partition coefficient (Wildman–Crippen LogP) is 2.63. The van der Waals surface area contributed by atoms with Crippen LogP contribution in [-0.2, 0) is 0 Å². The highest BCUT2D eigenvalue weighted by Gasteiger charge is 2.19. The van der Waals surface area contributed by atoms with Gasteiger partial charge in [-0.25, -0.2) is 4.68 Å². The summed E-state index contributed by atoms with van der Waals surface area (Å²) in [5.74, 6) is -0.0612. The van der Waals surface area contributed by atoms with Crippen molar-refractivity contribution >= 4 is 33.4 Å². The lowest BCUT2D eigenvalue weighted by Gasteiger charge is -2.04. The summed E-state index contributed by atoms with van der Waals surface area (Å²) in [6, 6.07) is 13.1. The Labute approximate surface area is 150 Å². The maximum Gasteiger partial charge on any atom is 0.280 e. The summed E-state index contributed by atoms with van der Waals surface area (Å²) in [5.41, 5.74) is 2.32. The minimum Gasteiger partial charge on any atom is -0.289 e. The minimum atomic E-state index is -0.392. The highest BCUT2D eigenvalue weighted by Crippen LogP contribution is 2.18. The van der Waals surface area contributed by atoms with Crippen molar-refractivity contribution in [2.24, 2.45) is 0 Å². The van der Waals surface area contributed by atoms with Crippen LogP contribution in [0.5, 0.6) is 0 Å². The van der Waals surface area contributed by atoms with Crippen molar-refractivity contribution in [3.63, 3.8) is 0 Å². The largest absolute Gasteiger partial charge is 0.289 e. The third kappa shape index (κ3) is 2.78. The normalized spacial score (nSPS) is 11.0. The number of aromatic nitrogens is 6. The molecule has 0 aliphatic heterocycles. The van der Waals surface area contributed by atoms with Crippen LogP contribution in [-0.4, -0.2) is 35.5 Å². The fourth-order valence-electron chi connectivity index (χ4n) is 2.48. The second kappa shape index (κ2) is 6.10. The summed E-state index contributed by atoms with van der Waals surface area (Å²) in [5, 5.41) is 18.8. The number of hydrogen-bond acceptors (Lipinski definition) is 5. The first-order chi connectivity index (χ1) is 12.1. The van der Waals surface area contributed by atoms with Crippen LogP contribution in [0.25, 0.3) is 11.3 Å². The van der Waals surface area contributed by atoms with Gasteiger partial charge in [-0.1, -0.05) is 33.3 Å². The second-order valence-electron chi connectivity index (χ2n) is 5.32. The van der Waals surface area contributed by atoms with Gasteiger partial charge >= 0.3 is 0 Å². The SMILES string of the molecule is Cc1c(C(=O)Nc2nnc3ccccn23)nnn1-c1cccc(Br)c1. The molecule has 1 aromatic carbocycles. The summed E-state index contributed by atoms with van der Waals surface area (Å²) in [6.07, 6.45) is 1.77. The Balaban J connectivity index is 1.65. The van der Waals surface area contributed by atoms with Gasteiger partial charge in [0.05, 0.1) is 11.4 Å². The van der Waals surface area contributed by atoms with Crippen LogP contribution < -0.4 is 5.32 Å². The van der Waals surface area contributed by atoms with Crippen LogP contribution in [0, 0.1) is 6.92 Å². The zero-order chi connectivity index (χ0) is 17.4. The lowest BCUT2D eigenvalue weighted by Crippen LogP contribution is -2.16. The molecule has 3 heterocycles. The highest BCUT2D eigenvalue weighted by atomic mass is 79.9. The summed E-state index contributed by atoms with van der Waals surface area (Å²) in [7, 11) is 0. The number of carbonyl (C=O) groups excluding carboxylic acids is 1. The van der Waals surface area contributed by atoms with E-state index < -0.39 is 5.91 Å². The standard InChI is InChI=1S/C16H12BrN7O/c1-10-14(20-22-24(10)12-6-4-5-11(17)9-12)15(25)18-16-21-19-13-7-2-3-8-23(13)16/h2-9H,1H3,(H,18,21,25). The van der Waals surface area contributed by atoms with E-state index in [-0.39, 0.29) is 5.69 Å². The van der Waals surface area contributed by atoms with E-state index in [2.05, 4.69) is 41.8 Å². The number of rotatable bonds is 3. The van der Waals surface area contributed by atoms with Crippen molar-refractivity contribution in [1.29, 1.82) is 0 Å². The molecule has 1 N–H and O–H groups in total. The Morgan fingerprint density at radius 3 is 2.84 bits per heavy atom. The van der Waals surface area contributed by atoms with Crippen LogP contribution in [0.2, 0.25) is 0 Å². The van der Waals surface area contributed by atoms with Gasteiger partial charge in [0.15, 0.2) is 11.3 Å². The van der Waals surface area contributed by atoms with E-state index in [1.54, 1.807) is 28.3 Å². The molecular formula is C16H12BrN7O. The molecule has 0 atom stereocenters. The molecule has 0 radical (unpaired) electrons. The molecule has 4 aromatic rings. The van der Waals surface area contributed by atoms with E-state index in [9.17, 15) is 4.79 Å². The lowest BCUT2D eigenvalue weighted by molar-refractivity contribution is 0.102. The fraction of sp³-hybridized carbons (Fsp3) is 0.0625. The molecule has 1 amide bonds. The molecular weight excluding hydrogens is 386 g/mol. The molecule has 0 spiro atoms. The van der Waals surface area contributed by atoms with E-state index in [0.717, 1.165) is 10.2 Å². The quantitative estimate of drug-likeness (QED) is 0.573. The first kappa shape index (κ1) is 15.5.